The van der Waals surface area contributed by atoms with Crippen LogP contribution in [0.3, 0.4) is 0 Å². The minimum absolute atomic E-state index is 0.559. The predicted molar refractivity (Wildman–Crippen MR) is 78.0 cm³/mol. The molecule has 0 saturated carbocycles. The summed E-state index contributed by atoms with van der Waals surface area (Å²) in [6.45, 7) is 8.19. The van der Waals surface area contributed by atoms with E-state index in [0.717, 1.165) is 12.3 Å². The van der Waals surface area contributed by atoms with Gasteiger partial charge in [0, 0.05) is 19.6 Å². The molecule has 3 heterocycles. The van der Waals surface area contributed by atoms with Gasteiger partial charge in [-0.3, -0.25) is 4.90 Å². The van der Waals surface area contributed by atoms with Gasteiger partial charge in [-0.05, 0) is 62.9 Å². The lowest BCUT2D eigenvalue weighted by Gasteiger charge is -2.40. The van der Waals surface area contributed by atoms with Crippen molar-refractivity contribution in [3.05, 3.63) is 29.7 Å². The van der Waals surface area contributed by atoms with E-state index in [1.165, 1.54) is 51.0 Å². The van der Waals surface area contributed by atoms with Crippen molar-refractivity contribution >= 4 is 6.08 Å². The van der Waals surface area contributed by atoms with E-state index < -0.39 is 0 Å². The van der Waals surface area contributed by atoms with Gasteiger partial charge >= 0.3 is 0 Å². The fraction of sp³-hybridized carbons (Fsp3) is 0.625. The Kier molecular flexibility index (Phi) is 3.76. The zero-order valence-electron chi connectivity index (χ0n) is 11.8. The Bertz CT molecular complexity index is 430. The van der Waals surface area contributed by atoms with E-state index in [1.807, 2.05) is 12.1 Å². The average molecular weight is 260 g/mol. The number of nitrogens with one attached hydrogen (secondary N) is 1. The minimum Gasteiger partial charge on any atom is -0.465 e. The zero-order valence-corrected chi connectivity index (χ0v) is 11.8. The third-order valence-corrected chi connectivity index (χ3v) is 4.48. The molecule has 0 unspecified atom stereocenters. The van der Waals surface area contributed by atoms with Gasteiger partial charge in [0.15, 0.2) is 0 Å². The Morgan fingerprint density at radius 1 is 1.53 bits per heavy atom. The van der Waals surface area contributed by atoms with Crippen molar-refractivity contribution in [1.29, 1.82) is 0 Å². The van der Waals surface area contributed by atoms with Gasteiger partial charge in [0.1, 0.15) is 5.76 Å². The normalized spacial score (nSPS) is 29.2. The molecule has 2 saturated heterocycles. The van der Waals surface area contributed by atoms with Gasteiger partial charge in [0.2, 0.25) is 0 Å². The molecule has 2 aliphatic rings. The molecule has 2 aliphatic heterocycles. The first-order chi connectivity index (χ1) is 9.26. The summed E-state index contributed by atoms with van der Waals surface area (Å²) in [7, 11) is 0. The van der Waals surface area contributed by atoms with Crippen LogP contribution >= 0.6 is 0 Å². The molecule has 3 heteroatoms. The Hall–Kier alpha value is -1.06. The van der Waals surface area contributed by atoms with Crippen LogP contribution in [0.4, 0.5) is 0 Å². The molecule has 1 spiro atoms. The average Bonchev–Trinajstić information content (AvgIpc) is 3.02. The van der Waals surface area contributed by atoms with Crippen LogP contribution in [-0.4, -0.2) is 37.6 Å². The number of rotatable bonds is 3. The molecule has 0 radical (unpaired) electrons. The number of furan rings is 1. The number of hydrogen-bond donors (Lipinski definition) is 1. The molecule has 1 N–H and O–H groups in total. The summed E-state index contributed by atoms with van der Waals surface area (Å²) in [5.74, 6) is 0.965. The first kappa shape index (κ1) is 12.9. The van der Waals surface area contributed by atoms with Crippen LogP contribution in [0.5, 0.6) is 0 Å². The van der Waals surface area contributed by atoms with E-state index >= 15 is 0 Å². The van der Waals surface area contributed by atoms with Gasteiger partial charge in [0.05, 0.1) is 6.26 Å². The fourth-order valence-electron chi connectivity index (χ4n) is 3.60. The summed E-state index contributed by atoms with van der Waals surface area (Å²) in [5, 5.41) is 3.54. The van der Waals surface area contributed by atoms with Crippen molar-refractivity contribution in [3.63, 3.8) is 0 Å². The van der Waals surface area contributed by atoms with Gasteiger partial charge in [-0.2, -0.15) is 0 Å². The summed E-state index contributed by atoms with van der Waals surface area (Å²) in [4.78, 5) is 2.62. The molecule has 1 atom stereocenters. The van der Waals surface area contributed by atoms with Gasteiger partial charge in [-0.15, -0.1) is 0 Å². The quantitative estimate of drug-likeness (QED) is 0.906. The highest BCUT2D eigenvalue weighted by Crippen LogP contribution is 2.35. The summed E-state index contributed by atoms with van der Waals surface area (Å²) in [6, 6.07) is 3.96. The molecule has 104 valence electrons. The number of hydrogen-bond acceptors (Lipinski definition) is 3. The van der Waals surface area contributed by atoms with Crippen LogP contribution in [0.1, 0.15) is 31.9 Å². The summed E-state index contributed by atoms with van der Waals surface area (Å²) in [6.07, 6.45) is 7.99. The Balaban J connectivity index is 1.60. The van der Waals surface area contributed by atoms with Crippen LogP contribution < -0.4 is 5.32 Å². The monoisotopic (exact) mass is 260 g/mol. The molecule has 1 aromatic rings. The van der Waals surface area contributed by atoms with Crippen LogP contribution in [0, 0.1) is 5.41 Å². The van der Waals surface area contributed by atoms with E-state index in [0.29, 0.717) is 5.41 Å². The molecule has 0 aliphatic carbocycles. The standard InChI is InChI=1S/C16H24N2O/c1-14(10-15-4-2-9-19-15)11-18-8-3-5-16(13-18)6-7-17-12-16/h2,4,9-10,17H,3,5-8,11-13H2,1H3/b14-10+/t16-/m1/s1. The summed E-state index contributed by atoms with van der Waals surface area (Å²) < 4.78 is 5.38. The summed E-state index contributed by atoms with van der Waals surface area (Å²) in [5.41, 5.74) is 1.95. The smallest absolute Gasteiger partial charge is 0.126 e. The topological polar surface area (TPSA) is 28.4 Å². The van der Waals surface area contributed by atoms with Crippen molar-refractivity contribution < 1.29 is 4.42 Å². The number of nitrogens with zero attached hydrogens (tertiary/aromatic N) is 1. The van der Waals surface area contributed by atoms with Crippen LogP contribution in [-0.2, 0) is 0 Å². The van der Waals surface area contributed by atoms with Gasteiger partial charge in [-0.1, -0.05) is 5.57 Å². The largest absolute Gasteiger partial charge is 0.465 e. The molecule has 3 rings (SSSR count). The highest BCUT2D eigenvalue weighted by Gasteiger charge is 2.37. The molecule has 0 bridgehead atoms. The van der Waals surface area contributed by atoms with Gasteiger partial charge in [-0.25, -0.2) is 0 Å². The lowest BCUT2D eigenvalue weighted by Crippen LogP contribution is -2.44. The summed E-state index contributed by atoms with van der Waals surface area (Å²) >= 11 is 0. The molecule has 2 fully saturated rings. The van der Waals surface area contributed by atoms with E-state index in [1.54, 1.807) is 6.26 Å². The SMILES string of the molecule is C/C(=C\c1ccco1)CN1CCC[C@]2(CCNC2)C1. The maximum atomic E-state index is 5.38. The van der Waals surface area contributed by atoms with Crippen LogP contribution in [0.2, 0.25) is 0 Å². The second-order valence-corrected chi connectivity index (χ2v) is 6.25. The first-order valence-electron chi connectivity index (χ1n) is 7.40. The molecular weight excluding hydrogens is 236 g/mol. The lowest BCUT2D eigenvalue weighted by atomic mass is 9.79. The third-order valence-electron chi connectivity index (χ3n) is 4.48. The van der Waals surface area contributed by atoms with E-state index in [2.05, 4.69) is 23.2 Å². The first-order valence-corrected chi connectivity index (χ1v) is 7.40. The minimum atomic E-state index is 0.559. The van der Waals surface area contributed by atoms with E-state index in [9.17, 15) is 0 Å². The number of likely N-dealkylation sites (tertiary alicyclic amines) is 1. The Labute approximate surface area is 115 Å². The third kappa shape index (κ3) is 3.10. The molecule has 0 amide bonds. The van der Waals surface area contributed by atoms with Crippen molar-refractivity contribution in [2.75, 3.05) is 32.7 Å². The Morgan fingerprint density at radius 3 is 3.21 bits per heavy atom. The fourth-order valence-corrected chi connectivity index (χ4v) is 3.60. The lowest BCUT2D eigenvalue weighted by molar-refractivity contribution is 0.112. The van der Waals surface area contributed by atoms with Gasteiger partial charge < -0.3 is 9.73 Å². The maximum absolute atomic E-state index is 5.38. The van der Waals surface area contributed by atoms with Crippen LogP contribution in [0.25, 0.3) is 6.08 Å². The van der Waals surface area contributed by atoms with E-state index in [-0.39, 0.29) is 0 Å². The maximum Gasteiger partial charge on any atom is 0.126 e. The van der Waals surface area contributed by atoms with Crippen LogP contribution in [0.15, 0.2) is 28.4 Å². The second kappa shape index (κ2) is 5.51. The molecule has 1 aromatic heterocycles. The van der Waals surface area contributed by atoms with Crippen molar-refractivity contribution in [3.8, 4) is 0 Å². The van der Waals surface area contributed by atoms with E-state index in [4.69, 9.17) is 4.42 Å². The van der Waals surface area contributed by atoms with Crippen molar-refractivity contribution in [2.45, 2.75) is 26.2 Å². The predicted octanol–water partition coefficient (Wildman–Crippen LogP) is 2.76. The molecule has 19 heavy (non-hydrogen) atoms. The van der Waals surface area contributed by atoms with Crippen molar-refractivity contribution in [2.24, 2.45) is 5.41 Å². The molecular formula is C16H24N2O. The van der Waals surface area contributed by atoms with Gasteiger partial charge in [0.25, 0.3) is 0 Å². The molecule has 0 aromatic carbocycles. The highest BCUT2D eigenvalue weighted by atomic mass is 16.3. The molecule has 3 nitrogen and oxygen atoms in total. The van der Waals surface area contributed by atoms with Crippen molar-refractivity contribution in [1.82, 2.24) is 10.2 Å². The highest BCUT2D eigenvalue weighted by molar-refractivity contribution is 5.46. The number of piperidine rings is 1. The Morgan fingerprint density at radius 2 is 2.47 bits per heavy atom. The second-order valence-electron chi connectivity index (χ2n) is 6.25. The zero-order chi connectivity index (χ0) is 13.1.